The molecule has 1 aliphatic heterocycles. The minimum absolute atomic E-state index is 0.192. The fourth-order valence-electron chi connectivity index (χ4n) is 2.44. The van der Waals surface area contributed by atoms with Gasteiger partial charge >= 0.3 is 6.03 Å². The highest BCUT2D eigenvalue weighted by Gasteiger charge is 2.49. The maximum absolute atomic E-state index is 12.7. The Labute approximate surface area is 131 Å². The third-order valence-corrected chi connectivity index (χ3v) is 4.80. The van der Waals surface area contributed by atoms with Gasteiger partial charge in [0, 0.05) is 4.88 Å². The van der Waals surface area contributed by atoms with Gasteiger partial charge in [0.05, 0.1) is 18.2 Å². The smallest absolute Gasteiger partial charge is 0.319 e. The Morgan fingerprint density at radius 3 is 2.59 bits per heavy atom. The van der Waals surface area contributed by atoms with Crippen molar-refractivity contribution in [2.75, 3.05) is 0 Å². The van der Waals surface area contributed by atoms with E-state index in [1.165, 1.54) is 16.2 Å². The normalized spacial score (nSPS) is 20.8. The van der Waals surface area contributed by atoms with Crippen molar-refractivity contribution in [2.24, 2.45) is 0 Å². The number of nitrogens with zero attached hydrogens (tertiary/aromatic N) is 2. The van der Waals surface area contributed by atoms with Gasteiger partial charge in [-0.05, 0) is 36.1 Å². The zero-order valence-corrected chi connectivity index (χ0v) is 12.7. The van der Waals surface area contributed by atoms with E-state index in [9.17, 15) is 9.59 Å². The van der Waals surface area contributed by atoms with E-state index in [-0.39, 0.29) is 12.5 Å². The molecule has 1 saturated heterocycles. The van der Waals surface area contributed by atoms with Gasteiger partial charge in [-0.1, -0.05) is 18.2 Å². The summed E-state index contributed by atoms with van der Waals surface area (Å²) in [5.41, 5.74) is 0.347. The van der Waals surface area contributed by atoms with Crippen molar-refractivity contribution in [2.45, 2.75) is 19.0 Å². The first kappa shape index (κ1) is 14.3. The molecule has 1 aromatic heterocycles. The molecule has 3 rings (SSSR count). The van der Waals surface area contributed by atoms with Crippen LogP contribution in [0.2, 0.25) is 0 Å². The summed E-state index contributed by atoms with van der Waals surface area (Å²) in [6.45, 7) is 1.91. The van der Waals surface area contributed by atoms with E-state index in [1.807, 2.05) is 23.6 Å². The summed E-state index contributed by atoms with van der Waals surface area (Å²) in [5, 5.41) is 13.4. The first-order chi connectivity index (χ1) is 10.5. The SMILES string of the molecule is CC1(c2cccs2)NC(=O)N(Cc2ccc(C#N)cc2)C1=O. The molecule has 1 unspecified atom stereocenters. The van der Waals surface area contributed by atoms with Crippen LogP contribution in [0.3, 0.4) is 0 Å². The van der Waals surface area contributed by atoms with E-state index >= 15 is 0 Å². The van der Waals surface area contributed by atoms with Crippen molar-refractivity contribution in [3.8, 4) is 6.07 Å². The lowest BCUT2D eigenvalue weighted by atomic mass is 10.0. The van der Waals surface area contributed by atoms with Crippen LogP contribution < -0.4 is 5.32 Å². The Morgan fingerprint density at radius 1 is 1.27 bits per heavy atom. The monoisotopic (exact) mass is 311 g/mol. The molecule has 1 aliphatic rings. The fourth-order valence-corrected chi connectivity index (χ4v) is 3.27. The van der Waals surface area contributed by atoms with Gasteiger partial charge in [0.2, 0.25) is 0 Å². The Balaban J connectivity index is 1.84. The van der Waals surface area contributed by atoms with Crippen LogP contribution in [0.1, 0.15) is 22.9 Å². The number of imide groups is 1. The molecule has 22 heavy (non-hydrogen) atoms. The van der Waals surface area contributed by atoms with E-state index in [4.69, 9.17) is 5.26 Å². The van der Waals surface area contributed by atoms with Crippen LogP contribution in [0.5, 0.6) is 0 Å². The quantitative estimate of drug-likeness (QED) is 0.885. The zero-order chi connectivity index (χ0) is 15.7. The lowest BCUT2D eigenvalue weighted by molar-refractivity contribution is -0.131. The molecule has 2 aromatic rings. The average molecular weight is 311 g/mol. The fraction of sp³-hybridized carbons (Fsp3) is 0.188. The zero-order valence-electron chi connectivity index (χ0n) is 11.9. The van der Waals surface area contributed by atoms with Gasteiger partial charge < -0.3 is 5.32 Å². The molecular weight excluding hydrogens is 298 g/mol. The predicted molar refractivity (Wildman–Crippen MR) is 81.9 cm³/mol. The lowest BCUT2D eigenvalue weighted by Crippen LogP contribution is -2.40. The number of carbonyl (C=O) groups excluding carboxylic acids is 2. The van der Waals surface area contributed by atoms with Gasteiger partial charge in [-0.2, -0.15) is 5.26 Å². The van der Waals surface area contributed by atoms with Gasteiger partial charge in [0.15, 0.2) is 5.54 Å². The number of amides is 3. The molecule has 1 aromatic carbocycles. The summed E-state index contributed by atoms with van der Waals surface area (Å²) in [6, 6.07) is 12.2. The Morgan fingerprint density at radius 2 is 2.00 bits per heavy atom. The van der Waals surface area contributed by atoms with Crippen molar-refractivity contribution in [3.05, 3.63) is 57.8 Å². The number of benzene rings is 1. The maximum Gasteiger partial charge on any atom is 0.325 e. The summed E-state index contributed by atoms with van der Waals surface area (Å²) < 4.78 is 0. The molecule has 0 radical (unpaired) electrons. The van der Waals surface area contributed by atoms with Crippen LogP contribution in [-0.2, 0) is 16.9 Å². The van der Waals surface area contributed by atoms with Crippen LogP contribution in [0.15, 0.2) is 41.8 Å². The van der Waals surface area contributed by atoms with Crippen molar-refractivity contribution in [1.82, 2.24) is 10.2 Å². The molecule has 6 heteroatoms. The van der Waals surface area contributed by atoms with Crippen molar-refractivity contribution in [3.63, 3.8) is 0 Å². The van der Waals surface area contributed by atoms with Crippen LogP contribution in [0, 0.1) is 11.3 Å². The molecule has 3 amide bonds. The number of hydrogen-bond donors (Lipinski definition) is 1. The summed E-state index contributed by atoms with van der Waals surface area (Å²) in [7, 11) is 0. The average Bonchev–Trinajstić information content (AvgIpc) is 3.13. The molecule has 0 aliphatic carbocycles. The minimum Gasteiger partial charge on any atom is -0.319 e. The number of hydrogen-bond acceptors (Lipinski definition) is 4. The van der Waals surface area contributed by atoms with Gasteiger partial charge in [-0.3, -0.25) is 9.69 Å². The number of rotatable bonds is 3. The second-order valence-corrected chi connectivity index (χ2v) is 6.18. The summed E-state index contributed by atoms with van der Waals surface area (Å²) in [6.07, 6.45) is 0. The van der Waals surface area contributed by atoms with Crippen molar-refractivity contribution < 1.29 is 9.59 Å². The van der Waals surface area contributed by atoms with E-state index in [2.05, 4.69) is 5.32 Å². The third kappa shape index (κ3) is 2.26. The lowest BCUT2D eigenvalue weighted by Gasteiger charge is -2.20. The van der Waals surface area contributed by atoms with Crippen LogP contribution in [0.25, 0.3) is 0 Å². The summed E-state index contributed by atoms with van der Waals surface area (Å²) in [5.74, 6) is -0.260. The molecule has 0 saturated carbocycles. The molecule has 1 fully saturated rings. The number of nitrogens with one attached hydrogen (secondary N) is 1. The minimum atomic E-state index is -1.00. The third-order valence-electron chi connectivity index (χ3n) is 3.71. The van der Waals surface area contributed by atoms with Gasteiger partial charge in [-0.15, -0.1) is 11.3 Å². The second-order valence-electron chi connectivity index (χ2n) is 5.23. The van der Waals surface area contributed by atoms with E-state index in [0.717, 1.165) is 10.4 Å². The first-order valence-corrected chi connectivity index (χ1v) is 7.60. The molecule has 5 nitrogen and oxygen atoms in total. The highest BCUT2D eigenvalue weighted by Crippen LogP contribution is 2.32. The van der Waals surface area contributed by atoms with Crippen LogP contribution >= 0.6 is 11.3 Å². The molecule has 0 bridgehead atoms. The van der Waals surface area contributed by atoms with E-state index < -0.39 is 11.6 Å². The Bertz CT molecular complexity index is 762. The van der Waals surface area contributed by atoms with Crippen molar-refractivity contribution in [1.29, 1.82) is 5.26 Å². The second kappa shape index (κ2) is 5.28. The van der Waals surface area contributed by atoms with Gasteiger partial charge in [-0.25, -0.2) is 4.79 Å². The highest BCUT2D eigenvalue weighted by atomic mass is 32.1. The standard InChI is InChI=1S/C16H13N3O2S/c1-16(13-3-2-8-22-13)14(20)19(15(21)18-16)10-12-6-4-11(9-17)5-7-12/h2-8H,10H2,1H3,(H,18,21). The largest absolute Gasteiger partial charge is 0.325 e. The molecule has 0 spiro atoms. The van der Waals surface area contributed by atoms with Crippen LogP contribution in [0.4, 0.5) is 4.79 Å². The van der Waals surface area contributed by atoms with E-state index in [1.54, 1.807) is 31.2 Å². The first-order valence-electron chi connectivity index (χ1n) is 6.72. The Hall–Kier alpha value is -2.65. The summed E-state index contributed by atoms with van der Waals surface area (Å²) in [4.78, 5) is 26.9. The number of thiophene rings is 1. The number of nitriles is 1. The molecule has 1 N–H and O–H groups in total. The topological polar surface area (TPSA) is 73.2 Å². The predicted octanol–water partition coefficient (Wildman–Crippen LogP) is 2.59. The number of carbonyl (C=O) groups is 2. The molecule has 2 heterocycles. The highest BCUT2D eigenvalue weighted by molar-refractivity contribution is 7.10. The van der Waals surface area contributed by atoms with E-state index in [0.29, 0.717) is 5.56 Å². The summed E-state index contributed by atoms with van der Waals surface area (Å²) >= 11 is 1.44. The molecule has 110 valence electrons. The van der Waals surface area contributed by atoms with Crippen molar-refractivity contribution >= 4 is 23.3 Å². The molecule has 1 atom stereocenters. The Kier molecular flexibility index (Phi) is 3.43. The van der Waals surface area contributed by atoms with Crippen LogP contribution in [-0.4, -0.2) is 16.8 Å². The van der Waals surface area contributed by atoms with Gasteiger partial charge in [0.1, 0.15) is 0 Å². The van der Waals surface area contributed by atoms with Gasteiger partial charge in [0.25, 0.3) is 5.91 Å². The maximum atomic E-state index is 12.7. The molecular formula is C16H13N3O2S. The number of urea groups is 1.